The Labute approximate surface area is 254 Å². The number of allylic oxidation sites excluding steroid dienone is 4. The van der Waals surface area contributed by atoms with Gasteiger partial charge in [-0.15, -0.1) is 9.32 Å². The summed E-state index contributed by atoms with van der Waals surface area (Å²) in [5, 5.41) is 4.44. The summed E-state index contributed by atoms with van der Waals surface area (Å²) < 4.78 is 13.4. The molecule has 7 heteroatoms. The maximum atomic E-state index is 5.52. The number of likely N-dealkylation sites (N-methyl/N-ethyl adjacent to an activating group) is 1. The molecule has 0 radical (unpaired) electrons. The first kappa shape index (κ1) is 29.1. The molecule has 3 aromatic rings. The first-order valence-electron chi connectivity index (χ1n) is 15.1. The maximum Gasteiger partial charge on any atom is 0.210 e. The topological polar surface area (TPSA) is 37.2 Å². The van der Waals surface area contributed by atoms with E-state index in [0.717, 1.165) is 18.0 Å². The highest BCUT2D eigenvalue weighted by atomic mass is 32.2. The normalized spacial score (nSPS) is 20.7. The molecule has 6 nitrogen and oxygen atoms in total. The molecule has 220 valence electrons. The predicted octanol–water partition coefficient (Wildman–Crippen LogP) is 7.70. The highest BCUT2D eigenvalue weighted by Crippen LogP contribution is 2.49. The summed E-state index contributed by atoms with van der Waals surface area (Å²) in [5.41, 5.74) is 7.67. The molecule has 0 spiro atoms. The summed E-state index contributed by atoms with van der Waals surface area (Å²) >= 11 is 1.26. The van der Waals surface area contributed by atoms with Gasteiger partial charge in [0.25, 0.3) is 0 Å². The summed E-state index contributed by atoms with van der Waals surface area (Å²) in [5.74, 6) is 0. The smallest absolute Gasteiger partial charge is 0.210 e. The summed E-state index contributed by atoms with van der Waals surface area (Å²) in [6.45, 7) is 18.4. The third-order valence-corrected chi connectivity index (χ3v) is 9.57. The molecule has 3 aromatic carbocycles. The van der Waals surface area contributed by atoms with Crippen LogP contribution in [-0.4, -0.2) is 54.7 Å². The van der Waals surface area contributed by atoms with Crippen LogP contribution in [0.1, 0.15) is 52.7 Å². The van der Waals surface area contributed by atoms with Gasteiger partial charge in [-0.05, 0) is 74.4 Å². The molecule has 0 unspecified atom stereocenters. The average Bonchev–Trinajstić information content (AvgIpc) is 3.35. The van der Waals surface area contributed by atoms with Crippen molar-refractivity contribution in [2.24, 2.45) is 0 Å². The van der Waals surface area contributed by atoms with Crippen LogP contribution in [0, 0.1) is 0 Å². The lowest BCUT2D eigenvalue weighted by molar-refractivity contribution is -0.433. The summed E-state index contributed by atoms with van der Waals surface area (Å²) in [6, 6.07) is 19.9. The predicted molar refractivity (Wildman–Crippen MR) is 173 cm³/mol. The number of hydrogen-bond acceptors (Lipinski definition) is 6. The number of hydrogen-bond donors (Lipinski definition) is 0. The van der Waals surface area contributed by atoms with Crippen LogP contribution in [0.5, 0.6) is 0 Å². The van der Waals surface area contributed by atoms with E-state index in [4.69, 9.17) is 14.1 Å². The van der Waals surface area contributed by atoms with Crippen molar-refractivity contribution in [2.75, 3.05) is 44.3 Å². The number of morpholine rings is 1. The van der Waals surface area contributed by atoms with Gasteiger partial charge in [0.15, 0.2) is 5.71 Å². The van der Waals surface area contributed by atoms with Gasteiger partial charge in [-0.2, -0.15) is 9.64 Å². The van der Waals surface area contributed by atoms with Crippen molar-refractivity contribution in [3.05, 3.63) is 89.6 Å². The first-order chi connectivity index (χ1) is 20.3. The largest absolute Gasteiger partial charge is 0.379 e. The van der Waals surface area contributed by atoms with Gasteiger partial charge in [0, 0.05) is 45.9 Å². The van der Waals surface area contributed by atoms with E-state index in [1.807, 2.05) is 0 Å². The Morgan fingerprint density at radius 2 is 1.76 bits per heavy atom. The third-order valence-electron chi connectivity index (χ3n) is 8.99. The molecular weight excluding hydrogens is 542 g/mol. The van der Waals surface area contributed by atoms with Crippen LogP contribution in [0.2, 0.25) is 0 Å². The fourth-order valence-electron chi connectivity index (χ4n) is 6.87. The SMILES string of the molecule is CCN1/C(=C\C=C\C2=[N+](CC)c3ccc4ccccc4c3C2(C)C)C(C)(C)c2cc(SOON3CCOCC3)ccc21. The Hall–Kier alpha value is -2.94. The Bertz CT molecular complexity index is 1580. The Morgan fingerprint density at radius 1 is 0.976 bits per heavy atom. The minimum Gasteiger partial charge on any atom is -0.379 e. The average molecular weight is 585 g/mol. The van der Waals surface area contributed by atoms with Gasteiger partial charge in [0.2, 0.25) is 5.69 Å². The quantitative estimate of drug-likeness (QED) is 0.117. The lowest BCUT2D eigenvalue weighted by Crippen LogP contribution is -2.35. The van der Waals surface area contributed by atoms with Crippen molar-refractivity contribution in [1.82, 2.24) is 5.06 Å². The van der Waals surface area contributed by atoms with Crippen molar-refractivity contribution in [3.63, 3.8) is 0 Å². The summed E-state index contributed by atoms with van der Waals surface area (Å²) in [4.78, 5) is 8.94. The Morgan fingerprint density at radius 3 is 2.52 bits per heavy atom. The van der Waals surface area contributed by atoms with Gasteiger partial charge in [0.1, 0.15) is 6.54 Å². The van der Waals surface area contributed by atoms with Crippen LogP contribution in [0.15, 0.2) is 83.4 Å². The number of nitrogens with zero attached hydrogens (tertiary/aromatic N) is 3. The van der Waals surface area contributed by atoms with E-state index >= 15 is 0 Å². The summed E-state index contributed by atoms with van der Waals surface area (Å²) in [7, 11) is 0. The minimum atomic E-state index is -0.156. The second kappa shape index (κ2) is 11.6. The van der Waals surface area contributed by atoms with Crippen LogP contribution in [0.3, 0.4) is 0 Å². The summed E-state index contributed by atoms with van der Waals surface area (Å²) in [6.07, 6.45) is 6.90. The van der Waals surface area contributed by atoms with Gasteiger partial charge in [0.05, 0.1) is 43.8 Å². The standard InChI is InChI=1S/C35H42N3O3S/c1-7-37-29-19-17-26(42-41-40-36-20-22-39-23-21-36)24-28(29)34(3,4)31(37)14-11-15-32-35(5,6)33-27-13-10-9-12-25(27)16-18-30(33)38(32)8-2/h9-19,24H,7-8,20-23H2,1-6H3/q+1. The molecule has 0 bridgehead atoms. The molecule has 3 aliphatic heterocycles. The van der Waals surface area contributed by atoms with Crippen molar-refractivity contribution >= 4 is 39.9 Å². The molecule has 3 aliphatic rings. The lowest BCUT2D eigenvalue weighted by atomic mass is 9.79. The van der Waals surface area contributed by atoms with Crippen molar-refractivity contribution < 1.29 is 18.6 Å². The lowest BCUT2D eigenvalue weighted by Gasteiger charge is -2.26. The Balaban J connectivity index is 1.26. The van der Waals surface area contributed by atoms with E-state index in [9.17, 15) is 0 Å². The van der Waals surface area contributed by atoms with E-state index in [-0.39, 0.29) is 10.8 Å². The maximum absolute atomic E-state index is 5.52. The second-order valence-corrected chi connectivity index (χ2v) is 12.9. The van der Waals surface area contributed by atoms with Crippen LogP contribution >= 0.6 is 12.0 Å². The fourth-order valence-corrected chi connectivity index (χ4v) is 7.36. The van der Waals surface area contributed by atoms with Gasteiger partial charge in [-0.25, -0.2) is 0 Å². The highest BCUT2D eigenvalue weighted by Gasteiger charge is 2.45. The van der Waals surface area contributed by atoms with Gasteiger partial charge in [-0.1, -0.05) is 44.2 Å². The second-order valence-electron chi connectivity index (χ2n) is 12.2. The third kappa shape index (κ3) is 5.01. The zero-order valence-electron chi connectivity index (χ0n) is 25.6. The molecule has 42 heavy (non-hydrogen) atoms. The van der Waals surface area contributed by atoms with Crippen molar-refractivity contribution in [1.29, 1.82) is 0 Å². The number of anilines is 1. The zero-order chi connectivity index (χ0) is 29.5. The molecule has 0 aromatic heterocycles. The number of hydroxylamine groups is 2. The Kier molecular flexibility index (Phi) is 8.07. The van der Waals surface area contributed by atoms with Crippen LogP contribution in [0.4, 0.5) is 11.4 Å². The molecule has 0 atom stereocenters. The number of ether oxygens (including phenoxy) is 1. The first-order valence-corrected chi connectivity index (χ1v) is 15.8. The molecule has 1 fully saturated rings. The van der Waals surface area contributed by atoms with Crippen LogP contribution < -0.4 is 4.90 Å². The molecule has 0 aliphatic carbocycles. The molecule has 0 saturated carbocycles. The monoisotopic (exact) mass is 584 g/mol. The van der Waals surface area contributed by atoms with E-state index in [1.54, 1.807) is 5.06 Å². The molecule has 0 N–H and O–H groups in total. The van der Waals surface area contributed by atoms with E-state index in [1.165, 1.54) is 56.7 Å². The molecular formula is C35H42N3O3S+. The molecule has 6 rings (SSSR count). The van der Waals surface area contributed by atoms with Gasteiger partial charge in [-0.3, -0.25) is 0 Å². The van der Waals surface area contributed by atoms with Crippen molar-refractivity contribution in [3.8, 4) is 0 Å². The fraction of sp³-hybridized carbons (Fsp3) is 0.400. The highest BCUT2D eigenvalue weighted by molar-refractivity contribution is 7.94. The molecule has 1 saturated heterocycles. The van der Waals surface area contributed by atoms with Crippen LogP contribution in [-0.2, 0) is 24.9 Å². The van der Waals surface area contributed by atoms with Crippen molar-refractivity contribution in [2.45, 2.75) is 57.3 Å². The number of fused-ring (bicyclic) bond motifs is 4. The number of benzene rings is 3. The van der Waals surface area contributed by atoms with Gasteiger partial charge < -0.3 is 9.64 Å². The van der Waals surface area contributed by atoms with Crippen LogP contribution in [0.25, 0.3) is 10.8 Å². The van der Waals surface area contributed by atoms with E-state index < -0.39 is 0 Å². The number of rotatable bonds is 8. The van der Waals surface area contributed by atoms with Gasteiger partial charge >= 0.3 is 0 Å². The van der Waals surface area contributed by atoms with E-state index in [2.05, 4.69) is 124 Å². The molecule has 0 amide bonds. The minimum absolute atomic E-state index is 0.102. The molecule has 3 heterocycles. The van der Waals surface area contributed by atoms with E-state index in [0.29, 0.717) is 26.3 Å². The zero-order valence-corrected chi connectivity index (χ0v) is 26.5.